The van der Waals surface area contributed by atoms with E-state index in [1.165, 1.54) is 19.2 Å². The van der Waals surface area contributed by atoms with Gasteiger partial charge < -0.3 is 15.6 Å². The van der Waals surface area contributed by atoms with Crippen molar-refractivity contribution in [3.8, 4) is 5.75 Å². The van der Waals surface area contributed by atoms with Gasteiger partial charge in [-0.15, -0.1) is 12.4 Å². The molecule has 0 amide bonds. The first kappa shape index (κ1) is 16.2. The lowest BCUT2D eigenvalue weighted by Gasteiger charge is -2.30. The zero-order chi connectivity index (χ0) is 12.3. The molecule has 0 saturated heterocycles. The van der Waals surface area contributed by atoms with Gasteiger partial charge in [0.2, 0.25) is 0 Å². The first-order valence-electron chi connectivity index (χ1n) is 5.12. The average Bonchev–Trinajstić information content (AvgIpc) is 2.29. The van der Waals surface area contributed by atoms with Crippen molar-refractivity contribution in [1.29, 1.82) is 0 Å². The molecule has 0 unspecified atom stereocenters. The van der Waals surface area contributed by atoms with Crippen molar-refractivity contribution in [1.82, 2.24) is 0 Å². The van der Waals surface area contributed by atoms with Gasteiger partial charge in [0.05, 0.1) is 7.11 Å². The topological polar surface area (TPSA) is 55.5 Å². The van der Waals surface area contributed by atoms with Gasteiger partial charge in [-0.2, -0.15) is 0 Å². The number of ether oxygens (including phenoxy) is 1. The Morgan fingerprint density at radius 3 is 2.53 bits per heavy atom. The van der Waals surface area contributed by atoms with E-state index in [-0.39, 0.29) is 24.8 Å². The minimum atomic E-state index is -0.576. The zero-order valence-electron chi connectivity index (χ0n) is 10.2. The number of hydrogen-bond donors (Lipinski definition) is 2. The van der Waals surface area contributed by atoms with Crippen molar-refractivity contribution >= 4 is 12.4 Å². The van der Waals surface area contributed by atoms with E-state index < -0.39 is 11.5 Å². The molecule has 0 aliphatic rings. The summed E-state index contributed by atoms with van der Waals surface area (Å²) in [7, 11) is 1.51. The maximum atomic E-state index is 13.6. The highest BCUT2D eigenvalue weighted by molar-refractivity contribution is 5.85. The fourth-order valence-corrected chi connectivity index (χ4v) is 1.41. The molecule has 0 aliphatic carbocycles. The summed E-state index contributed by atoms with van der Waals surface area (Å²) in [5.74, 6) is 0.176. The molecular formula is C12H19ClFNO2. The number of halogens is 2. The van der Waals surface area contributed by atoms with E-state index in [2.05, 4.69) is 0 Å². The van der Waals surface area contributed by atoms with Gasteiger partial charge in [0, 0.05) is 23.6 Å². The molecule has 0 saturated carbocycles. The van der Waals surface area contributed by atoms with E-state index in [4.69, 9.17) is 10.5 Å². The Morgan fingerprint density at radius 1 is 1.47 bits per heavy atom. The number of benzene rings is 1. The summed E-state index contributed by atoms with van der Waals surface area (Å²) in [6.07, 6.45) is 0. The molecule has 98 valence electrons. The van der Waals surface area contributed by atoms with E-state index in [1.54, 1.807) is 19.9 Å². The molecule has 1 atom stereocenters. The molecule has 1 aromatic rings. The largest absolute Gasteiger partial charge is 0.497 e. The Labute approximate surface area is 107 Å². The van der Waals surface area contributed by atoms with Crippen molar-refractivity contribution in [2.75, 3.05) is 13.7 Å². The molecule has 5 heteroatoms. The summed E-state index contributed by atoms with van der Waals surface area (Å²) < 4.78 is 18.6. The Balaban J connectivity index is 0.00000256. The normalized spacial score (nSPS) is 12.8. The van der Waals surface area contributed by atoms with Gasteiger partial charge in [0.1, 0.15) is 11.6 Å². The lowest BCUT2D eigenvalue weighted by molar-refractivity contribution is 0.130. The highest BCUT2D eigenvalue weighted by Gasteiger charge is 2.29. The fraction of sp³-hybridized carbons (Fsp3) is 0.500. The molecule has 0 fully saturated rings. The quantitative estimate of drug-likeness (QED) is 0.876. The Kier molecular flexibility index (Phi) is 5.88. The maximum absolute atomic E-state index is 13.6. The van der Waals surface area contributed by atoms with Gasteiger partial charge in [0.25, 0.3) is 0 Å². The van der Waals surface area contributed by atoms with Crippen LogP contribution in [0.4, 0.5) is 4.39 Å². The summed E-state index contributed by atoms with van der Waals surface area (Å²) in [4.78, 5) is 0. The average molecular weight is 264 g/mol. The summed E-state index contributed by atoms with van der Waals surface area (Å²) in [5.41, 5.74) is 5.74. The second-order valence-electron chi connectivity index (χ2n) is 4.51. The lowest BCUT2D eigenvalue weighted by atomic mass is 9.81. The first-order valence-corrected chi connectivity index (χ1v) is 5.12. The number of aliphatic hydroxyl groups excluding tert-OH is 1. The molecule has 0 aromatic heterocycles. The molecule has 1 rings (SSSR count). The molecule has 0 aliphatic heterocycles. The van der Waals surface area contributed by atoms with Crippen molar-refractivity contribution < 1.29 is 14.2 Å². The summed E-state index contributed by atoms with van der Waals surface area (Å²) in [6, 6.07) is 3.85. The first-order chi connectivity index (χ1) is 7.42. The predicted octanol–water partition coefficient (Wildman–Crippen LogP) is 2.27. The van der Waals surface area contributed by atoms with Crippen molar-refractivity contribution in [2.45, 2.75) is 19.9 Å². The van der Waals surface area contributed by atoms with Crippen molar-refractivity contribution in [3.63, 3.8) is 0 Å². The van der Waals surface area contributed by atoms with Crippen LogP contribution in [0.5, 0.6) is 5.75 Å². The highest BCUT2D eigenvalue weighted by Crippen LogP contribution is 2.33. The van der Waals surface area contributed by atoms with Crippen LogP contribution in [0.1, 0.15) is 25.5 Å². The summed E-state index contributed by atoms with van der Waals surface area (Å²) in [5, 5.41) is 9.21. The molecule has 1 aromatic carbocycles. The van der Waals surface area contributed by atoms with Crippen LogP contribution in [0, 0.1) is 11.2 Å². The molecule has 17 heavy (non-hydrogen) atoms. The van der Waals surface area contributed by atoms with Crippen LogP contribution in [0.3, 0.4) is 0 Å². The van der Waals surface area contributed by atoms with Crippen LogP contribution in [-0.4, -0.2) is 18.8 Å². The molecule has 0 heterocycles. The van der Waals surface area contributed by atoms with E-state index >= 15 is 0 Å². The second-order valence-corrected chi connectivity index (χ2v) is 4.51. The molecular weight excluding hydrogens is 245 g/mol. The lowest BCUT2D eigenvalue weighted by Crippen LogP contribution is -2.33. The van der Waals surface area contributed by atoms with Crippen LogP contribution in [0.15, 0.2) is 18.2 Å². The SMILES string of the molecule is COc1ccc(F)c([C@H](N)C(C)(C)CO)c1.Cl. The maximum Gasteiger partial charge on any atom is 0.128 e. The molecule has 0 radical (unpaired) electrons. The van der Waals surface area contributed by atoms with Crippen LogP contribution >= 0.6 is 12.4 Å². The standard InChI is InChI=1S/C12H18FNO2.ClH/c1-12(2,7-15)11(14)9-6-8(16-3)4-5-10(9)13;/h4-6,11,15H,7,14H2,1-3H3;1H/t11-;/m0./s1. The van der Waals surface area contributed by atoms with Gasteiger partial charge in [-0.1, -0.05) is 13.8 Å². The number of hydrogen-bond acceptors (Lipinski definition) is 3. The predicted molar refractivity (Wildman–Crippen MR) is 68.0 cm³/mol. The van der Waals surface area contributed by atoms with Crippen LogP contribution < -0.4 is 10.5 Å². The van der Waals surface area contributed by atoms with Crippen LogP contribution in [0.2, 0.25) is 0 Å². The third-order valence-electron chi connectivity index (χ3n) is 2.79. The van der Waals surface area contributed by atoms with E-state index in [9.17, 15) is 9.50 Å². The van der Waals surface area contributed by atoms with Gasteiger partial charge in [0.15, 0.2) is 0 Å². The third-order valence-corrected chi connectivity index (χ3v) is 2.79. The second kappa shape index (κ2) is 6.19. The molecule has 3 nitrogen and oxygen atoms in total. The van der Waals surface area contributed by atoms with E-state index in [0.29, 0.717) is 11.3 Å². The fourth-order valence-electron chi connectivity index (χ4n) is 1.41. The van der Waals surface area contributed by atoms with E-state index in [0.717, 1.165) is 0 Å². The minimum absolute atomic E-state index is 0. The summed E-state index contributed by atoms with van der Waals surface area (Å²) >= 11 is 0. The number of nitrogens with two attached hydrogens (primary N) is 1. The Hall–Kier alpha value is -0.840. The van der Waals surface area contributed by atoms with Gasteiger partial charge in [-0.25, -0.2) is 4.39 Å². The van der Waals surface area contributed by atoms with Crippen molar-refractivity contribution in [2.24, 2.45) is 11.1 Å². The Bertz CT molecular complexity index is 372. The van der Waals surface area contributed by atoms with Gasteiger partial charge in [-0.05, 0) is 18.2 Å². The van der Waals surface area contributed by atoms with Crippen LogP contribution in [0.25, 0.3) is 0 Å². The minimum Gasteiger partial charge on any atom is -0.497 e. The number of rotatable bonds is 4. The molecule has 3 N–H and O–H groups in total. The summed E-state index contributed by atoms with van der Waals surface area (Å²) in [6.45, 7) is 3.47. The van der Waals surface area contributed by atoms with Crippen LogP contribution in [-0.2, 0) is 0 Å². The van der Waals surface area contributed by atoms with Gasteiger partial charge >= 0.3 is 0 Å². The van der Waals surface area contributed by atoms with E-state index in [1.807, 2.05) is 0 Å². The number of methoxy groups -OCH3 is 1. The van der Waals surface area contributed by atoms with Crippen molar-refractivity contribution in [3.05, 3.63) is 29.6 Å². The highest BCUT2D eigenvalue weighted by atomic mass is 35.5. The monoisotopic (exact) mass is 263 g/mol. The smallest absolute Gasteiger partial charge is 0.128 e. The molecule has 0 bridgehead atoms. The zero-order valence-corrected chi connectivity index (χ0v) is 11.1. The molecule has 0 spiro atoms. The third kappa shape index (κ3) is 3.56. The van der Waals surface area contributed by atoms with Gasteiger partial charge in [-0.3, -0.25) is 0 Å². The Morgan fingerprint density at radius 2 is 2.06 bits per heavy atom. The number of aliphatic hydroxyl groups is 1.